The number of carbonyl (C=O) groups excluding carboxylic acids is 1. The van der Waals surface area contributed by atoms with Gasteiger partial charge < -0.3 is 10.6 Å². The van der Waals surface area contributed by atoms with Crippen molar-refractivity contribution in [2.24, 2.45) is 0 Å². The Hall–Kier alpha value is -0.610. The molecular weight excluding hydrogens is 226 g/mol. The van der Waals surface area contributed by atoms with Crippen LogP contribution in [0, 0.1) is 0 Å². The predicted octanol–water partition coefficient (Wildman–Crippen LogP) is 1.12. The Balaban J connectivity index is 1.54. The molecule has 0 spiro atoms. The van der Waals surface area contributed by atoms with E-state index in [1.54, 1.807) is 0 Å². The van der Waals surface area contributed by atoms with Crippen LogP contribution in [-0.4, -0.2) is 48.6 Å². The number of hydrogen-bond donors (Lipinski definition) is 2. The molecule has 1 aliphatic heterocycles. The van der Waals surface area contributed by atoms with Gasteiger partial charge in [0.15, 0.2) is 0 Å². The average molecular weight is 253 g/mol. The van der Waals surface area contributed by atoms with E-state index in [1.165, 1.54) is 19.4 Å². The lowest BCUT2D eigenvalue weighted by molar-refractivity contribution is -0.121. The zero-order chi connectivity index (χ0) is 13.0. The number of hydrogen-bond acceptors (Lipinski definition) is 3. The van der Waals surface area contributed by atoms with E-state index in [1.807, 2.05) is 0 Å². The Labute approximate surface area is 110 Å². The summed E-state index contributed by atoms with van der Waals surface area (Å²) in [5.74, 6) is 0.225. The monoisotopic (exact) mass is 253 g/mol. The van der Waals surface area contributed by atoms with Crippen LogP contribution in [0.3, 0.4) is 0 Å². The maximum absolute atomic E-state index is 11.8. The van der Waals surface area contributed by atoms with Crippen molar-refractivity contribution in [2.45, 2.75) is 64.1 Å². The molecule has 18 heavy (non-hydrogen) atoms. The summed E-state index contributed by atoms with van der Waals surface area (Å²) in [5, 5.41) is 6.51. The Morgan fingerprint density at radius 3 is 2.78 bits per heavy atom. The molecule has 4 heteroatoms. The van der Waals surface area contributed by atoms with Crippen molar-refractivity contribution in [3.05, 3.63) is 0 Å². The molecule has 0 bridgehead atoms. The van der Waals surface area contributed by atoms with Gasteiger partial charge in [0.25, 0.3) is 0 Å². The van der Waals surface area contributed by atoms with Crippen molar-refractivity contribution in [3.63, 3.8) is 0 Å². The van der Waals surface area contributed by atoms with E-state index >= 15 is 0 Å². The van der Waals surface area contributed by atoms with Gasteiger partial charge in [0.05, 0.1) is 0 Å². The SMILES string of the molecule is CC(C)NCCCC(=O)NC1CCN(C2CC2)C1. The van der Waals surface area contributed by atoms with Crippen molar-refractivity contribution in [2.75, 3.05) is 19.6 Å². The molecule has 2 fully saturated rings. The summed E-state index contributed by atoms with van der Waals surface area (Å²) < 4.78 is 0. The van der Waals surface area contributed by atoms with E-state index in [0.717, 1.165) is 32.0 Å². The Kier molecular flexibility index (Phi) is 5.01. The van der Waals surface area contributed by atoms with Crippen molar-refractivity contribution >= 4 is 5.91 Å². The van der Waals surface area contributed by atoms with Crippen LogP contribution < -0.4 is 10.6 Å². The summed E-state index contributed by atoms with van der Waals surface area (Å²) in [5.41, 5.74) is 0. The second-order valence-corrected chi connectivity index (χ2v) is 5.99. The zero-order valence-corrected chi connectivity index (χ0v) is 11.7. The molecule has 0 radical (unpaired) electrons. The van der Waals surface area contributed by atoms with E-state index < -0.39 is 0 Å². The maximum Gasteiger partial charge on any atom is 0.220 e. The average Bonchev–Trinajstić information content (AvgIpc) is 3.06. The summed E-state index contributed by atoms with van der Waals surface area (Å²) in [4.78, 5) is 14.3. The number of carbonyl (C=O) groups is 1. The van der Waals surface area contributed by atoms with Crippen molar-refractivity contribution in [1.82, 2.24) is 15.5 Å². The van der Waals surface area contributed by atoms with Crippen molar-refractivity contribution < 1.29 is 4.79 Å². The summed E-state index contributed by atoms with van der Waals surface area (Å²) >= 11 is 0. The number of nitrogens with zero attached hydrogens (tertiary/aromatic N) is 1. The molecule has 0 aromatic carbocycles. The molecule has 1 aliphatic carbocycles. The van der Waals surface area contributed by atoms with Crippen LogP contribution >= 0.6 is 0 Å². The molecule has 0 aromatic rings. The smallest absolute Gasteiger partial charge is 0.220 e. The largest absolute Gasteiger partial charge is 0.352 e. The van der Waals surface area contributed by atoms with Gasteiger partial charge in [-0.25, -0.2) is 0 Å². The lowest BCUT2D eigenvalue weighted by Crippen LogP contribution is -2.37. The Morgan fingerprint density at radius 2 is 2.11 bits per heavy atom. The fraction of sp³-hybridized carbons (Fsp3) is 0.929. The molecule has 1 unspecified atom stereocenters. The second kappa shape index (κ2) is 6.53. The van der Waals surface area contributed by atoms with Gasteiger partial charge in [-0.05, 0) is 32.2 Å². The fourth-order valence-corrected chi connectivity index (χ4v) is 2.62. The number of rotatable bonds is 7. The highest BCUT2D eigenvalue weighted by molar-refractivity contribution is 5.76. The van der Waals surface area contributed by atoms with Gasteiger partial charge in [-0.2, -0.15) is 0 Å². The van der Waals surface area contributed by atoms with Crippen LogP contribution in [0.1, 0.15) is 46.0 Å². The first kappa shape index (κ1) is 13.8. The van der Waals surface area contributed by atoms with E-state index in [4.69, 9.17) is 0 Å². The van der Waals surface area contributed by atoms with Crippen LogP contribution in [0.2, 0.25) is 0 Å². The highest BCUT2D eigenvalue weighted by atomic mass is 16.1. The predicted molar refractivity (Wildman–Crippen MR) is 73.5 cm³/mol. The molecule has 2 N–H and O–H groups in total. The molecule has 2 rings (SSSR count). The van der Waals surface area contributed by atoms with E-state index in [0.29, 0.717) is 18.5 Å². The van der Waals surface area contributed by atoms with Crippen LogP contribution in [0.25, 0.3) is 0 Å². The molecule has 4 nitrogen and oxygen atoms in total. The maximum atomic E-state index is 11.8. The van der Waals surface area contributed by atoms with Gasteiger partial charge in [0.2, 0.25) is 5.91 Å². The molecule has 2 aliphatic rings. The van der Waals surface area contributed by atoms with Crippen molar-refractivity contribution in [3.8, 4) is 0 Å². The van der Waals surface area contributed by atoms with E-state index in [9.17, 15) is 4.79 Å². The van der Waals surface area contributed by atoms with E-state index in [2.05, 4.69) is 29.4 Å². The first-order valence-corrected chi connectivity index (χ1v) is 7.42. The third-order valence-corrected chi connectivity index (χ3v) is 3.78. The third-order valence-electron chi connectivity index (χ3n) is 3.78. The topological polar surface area (TPSA) is 44.4 Å². The fourth-order valence-electron chi connectivity index (χ4n) is 2.62. The third kappa shape index (κ3) is 4.58. The first-order chi connectivity index (χ1) is 8.65. The standard InChI is InChI=1S/C14H27N3O/c1-11(2)15-8-3-4-14(18)16-12-7-9-17(10-12)13-5-6-13/h11-13,15H,3-10H2,1-2H3,(H,16,18). The van der Waals surface area contributed by atoms with Gasteiger partial charge in [-0.1, -0.05) is 13.8 Å². The van der Waals surface area contributed by atoms with Gasteiger partial charge in [0.1, 0.15) is 0 Å². The Morgan fingerprint density at radius 1 is 1.33 bits per heavy atom. The highest BCUT2D eigenvalue weighted by Crippen LogP contribution is 2.29. The zero-order valence-electron chi connectivity index (χ0n) is 11.7. The molecule has 104 valence electrons. The van der Waals surface area contributed by atoms with Gasteiger partial charge in [-0.15, -0.1) is 0 Å². The molecule has 1 saturated carbocycles. The van der Waals surface area contributed by atoms with Gasteiger partial charge in [-0.3, -0.25) is 9.69 Å². The summed E-state index contributed by atoms with van der Waals surface area (Å²) in [6.07, 6.45) is 5.44. The molecule has 1 atom stereocenters. The quantitative estimate of drug-likeness (QED) is 0.668. The second-order valence-electron chi connectivity index (χ2n) is 5.99. The lowest BCUT2D eigenvalue weighted by Gasteiger charge is -2.16. The van der Waals surface area contributed by atoms with Crippen LogP contribution in [0.4, 0.5) is 0 Å². The first-order valence-electron chi connectivity index (χ1n) is 7.42. The summed E-state index contributed by atoms with van der Waals surface area (Å²) in [6.45, 7) is 7.44. The van der Waals surface area contributed by atoms with Crippen molar-refractivity contribution in [1.29, 1.82) is 0 Å². The minimum absolute atomic E-state index is 0.225. The summed E-state index contributed by atoms with van der Waals surface area (Å²) in [7, 11) is 0. The number of likely N-dealkylation sites (tertiary alicyclic amines) is 1. The lowest BCUT2D eigenvalue weighted by atomic mass is 10.2. The molecule has 1 heterocycles. The Bertz CT molecular complexity index is 276. The molecule has 1 saturated heterocycles. The minimum Gasteiger partial charge on any atom is -0.352 e. The van der Waals surface area contributed by atoms with Crippen LogP contribution in [0.5, 0.6) is 0 Å². The molecule has 1 amide bonds. The van der Waals surface area contributed by atoms with Crippen LogP contribution in [-0.2, 0) is 4.79 Å². The van der Waals surface area contributed by atoms with Crippen LogP contribution in [0.15, 0.2) is 0 Å². The van der Waals surface area contributed by atoms with E-state index in [-0.39, 0.29) is 5.91 Å². The number of amides is 1. The normalized spacial score (nSPS) is 24.7. The highest BCUT2D eigenvalue weighted by Gasteiger charge is 2.34. The minimum atomic E-state index is 0.225. The van der Waals surface area contributed by atoms with Gasteiger partial charge >= 0.3 is 0 Å². The molecular formula is C14H27N3O. The number of nitrogens with one attached hydrogen (secondary N) is 2. The summed E-state index contributed by atoms with van der Waals surface area (Å²) in [6, 6.07) is 1.74. The molecule has 0 aromatic heterocycles. The van der Waals surface area contributed by atoms with Gasteiger partial charge in [0, 0.05) is 37.6 Å².